The Balaban J connectivity index is 3.48. The minimum atomic E-state index is -0.912. The summed E-state index contributed by atoms with van der Waals surface area (Å²) in [6.07, 6.45) is 0. The van der Waals surface area contributed by atoms with E-state index in [2.05, 4.69) is 0 Å². The van der Waals surface area contributed by atoms with E-state index in [0.29, 0.717) is 0 Å². The molecular weight excluding hydrogens is 227 g/mol. The van der Waals surface area contributed by atoms with Crippen molar-refractivity contribution in [2.24, 2.45) is 0 Å². The van der Waals surface area contributed by atoms with Crippen LogP contribution in [0.25, 0.3) is 0 Å². The average molecular weight is 227 g/mol. The van der Waals surface area contributed by atoms with Crippen LogP contribution in [0, 0.1) is 22.7 Å². The van der Waals surface area contributed by atoms with Crippen molar-refractivity contribution in [3.8, 4) is 12.1 Å². The maximum Gasteiger partial charge on any atom is 0.218 e. The number of allylic oxidation sites excluding steroid dienone is 4. The molecule has 0 aliphatic heterocycles. The molecule has 0 N–H and O–H groups in total. The molecule has 0 unspecified atom stereocenters. The fraction of sp³-hybridized carbons (Fsp3) is 0. The van der Waals surface area contributed by atoms with Gasteiger partial charge in [-0.3, -0.25) is 9.59 Å². The van der Waals surface area contributed by atoms with Crippen molar-refractivity contribution in [2.45, 2.75) is 0 Å². The van der Waals surface area contributed by atoms with Crippen molar-refractivity contribution in [3.05, 3.63) is 21.2 Å². The summed E-state index contributed by atoms with van der Waals surface area (Å²) >= 11 is 10.8. The molecule has 0 heterocycles. The predicted octanol–water partition coefficient (Wildman–Crippen LogP) is 1.17. The molecule has 0 atom stereocenters. The van der Waals surface area contributed by atoms with Crippen LogP contribution < -0.4 is 0 Å². The van der Waals surface area contributed by atoms with Crippen LogP contribution >= 0.6 is 23.2 Å². The molecule has 0 aromatic rings. The third-order valence-electron chi connectivity index (χ3n) is 1.52. The first-order valence-corrected chi connectivity index (χ1v) is 3.99. The second-order valence-electron chi connectivity index (χ2n) is 2.26. The molecule has 0 saturated heterocycles. The van der Waals surface area contributed by atoms with Gasteiger partial charge in [0.1, 0.15) is 33.3 Å². The van der Waals surface area contributed by atoms with E-state index in [0.717, 1.165) is 0 Å². The number of Topliss-reactive ketones (excluding diaryl/α,β-unsaturated/α-hetero) is 2. The van der Waals surface area contributed by atoms with E-state index < -0.39 is 32.8 Å². The molecule has 0 fully saturated rings. The van der Waals surface area contributed by atoms with Gasteiger partial charge in [0.15, 0.2) is 0 Å². The fourth-order valence-electron chi connectivity index (χ4n) is 0.847. The number of carbonyl (C=O) groups excluding carboxylic acids is 2. The predicted molar refractivity (Wildman–Crippen MR) is 47.0 cm³/mol. The van der Waals surface area contributed by atoms with Crippen LogP contribution in [-0.4, -0.2) is 11.6 Å². The SMILES string of the molecule is N#CC1=C(Cl)C(=O)C(Cl)=C(C#N)C1=O. The number of ketones is 2. The molecule has 0 aromatic carbocycles. The van der Waals surface area contributed by atoms with Crippen LogP contribution in [0.15, 0.2) is 21.2 Å². The Labute approximate surface area is 88.6 Å². The van der Waals surface area contributed by atoms with Gasteiger partial charge < -0.3 is 0 Å². The molecule has 1 aliphatic rings. The fourth-order valence-corrected chi connectivity index (χ4v) is 1.34. The largest absolute Gasteiger partial charge is 0.287 e. The summed E-state index contributed by atoms with van der Waals surface area (Å²) < 4.78 is 0. The molecule has 0 aromatic heterocycles. The van der Waals surface area contributed by atoms with Gasteiger partial charge in [-0.25, -0.2) is 0 Å². The van der Waals surface area contributed by atoms with Crippen molar-refractivity contribution in [2.75, 3.05) is 0 Å². The Hall–Kier alpha value is -1.62. The van der Waals surface area contributed by atoms with Gasteiger partial charge in [-0.05, 0) is 0 Å². The van der Waals surface area contributed by atoms with E-state index in [-0.39, 0.29) is 0 Å². The van der Waals surface area contributed by atoms with E-state index in [1.54, 1.807) is 0 Å². The van der Waals surface area contributed by atoms with Crippen LogP contribution in [0.5, 0.6) is 0 Å². The highest BCUT2D eigenvalue weighted by Gasteiger charge is 2.33. The maximum atomic E-state index is 11.3. The zero-order valence-electron chi connectivity index (χ0n) is 6.47. The Kier molecular flexibility index (Phi) is 2.71. The minimum Gasteiger partial charge on any atom is -0.287 e. The zero-order valence-corrected chi connectivity index (χ0v) is 7.98. The van der Waals surface area contributed by atoms with Gasteiger partial charge in [0.2, 0.25) is 11.6 Å². The quantitative estimate of drug-likeness (QED) is 0.581. The Bertz CT molecular complexity index is 446. The highest BCUT2D eigenvalue weighted by molar-refractivity contribution is 6.59. The number of nitriles is 2. The molecule has 1 rings (SSSR count). The third-order valence-corrected chi connectivity index (χ3v) is 2.24. The Morgan fingerprint density at radius 2 is 1.21 bits per heavy atom. The molecule has 6 heteroatoms. The first kappa shape index (κ1) is 10.5. The normalized spacial score (nSPS) is 16.9. The lowest BCUT2D eigenvalue weighted by molar-refractivity contribution is -0.115. The highest BCUT2D eigenvalue weighted by Crippen LogP contribution is 2.28. The van der Waals surface area contributed by atoms with E-state index >= 15 is 0 Å². The second-order valence-corrected chi connectivity index (χ2v) is 3.02. The Morgan fingerprint density at radius 3 is 1.50 bits per heavy atom. The first-order chi connectivity index (χ1) is 6.54. The second kappa shape index (κ2) is 3.63. The molecule has 4 nitrogen and oxygen atoms in total. The van der Waals surface area contributed by atoms with Crippen molar-refractivity contribution in [1.82, 2.24) is 0 Å². The van der Waals surface area contributed by atoms with E-state index in [4.69, 9.17) is 33.7 Å². The molecule has 68 valence electrons. The van der Waals surface area contributed by atoms with Crippen molar-refractivity contribution in [1.29, 1.82) is 10.5 Å². The number of rotatable bonds is 0. The molecule has 0 amide bonds. The third kappa shape index (κ3) is 1.31. The van der Waals surface area contributed by atoms with Crippen LogP contribution in [0.2, 0.25) is 0 Å². The van der Waals surface area contributed by atoms with Crippen molar-refractivity contribution >= 4 is 34.8 Å². The van der Waals surface area contributed by atoms with Crippen molar-refractivity contribution < 1.29 is 9.59 Å². The minimum absolute atomic E-state index is 0.540. The summed E-state index contributed by atoms with van der Waals surface area (Å²) in [5, 5.41) is 15.9. The standard InChI is InChI=1S/C8Cl2N2O2/c9-5-3(1-11)7(13)4(2-12)6(10)8(5)14. The monoisotopic (exact) mass is 226 g/mol. The van der Waals surface area contributed by atoms with E-state index in [1.807, 2.05) is 0 Å². The molecule has 1 aliphatic carbocycles. The summed E-state index contributed by atoms with van der Waals surface area (Å²) in [6.45, 7) is 0. The molecular formula is C8Cl2N2O2. The van der Waals surface area contributed by atoms with Crippen LogP contribution in [0.1, 0.15) is 0 Å². The number of hydrogen-bond donors (Lipinski definition) is 0. The molecule has 0 radical (unpaired) electrons. The maximum absolute atomic E-state index is 11.3. The van der Waals surface area contributed by atoms with Gasteiger partial charge in [0.25, 0.3) is 0 Å². The summed E-state index contributed by atoms with van der Waals surface area (Å²) in [4.78, 5) is 22.4. The number of halogens is 2. The van der Waals surface area contributed by atoms with Gasteiger partial charge >= 0.3 is 0 Å². The number of hydrogen-bond acceptors (Lipinski definition) is 4. The lowest BCUT2D eigenvalue weighted by Crippen LogP contribution is -2.18. The molecule has 0 spiro atoms. The zero-order chi connectivity index (χ0) is 10.9. The van der Waals surface area contributed by atoms with Crippen LogP contribution in [0.4, 0.5) is 0 Å². The summed E-state index contributed by atoms with van der Waals surface area (Å²) in [5.41, 5.74) is -1.09. The molecule has 14 heavy (non-hydrogen) atoms. The van der Waals surface area contributed by atoms with Crippen LogP contribution in [-0.2, 0) is 9.59 Å². The Morgan fingerprint density at radius 1 is 0.857 bits per heavy atom. The smallest absolute Gasteiger partial charge is 0.218 e. The van der Waals surface area contributed by atoms with E-state index in [1.165, 1.54) is 12.1 Å². The van der Waals surface area contributed by atoms with Gasteiger partial charge in [-0.15, -0.1) is 0 Å². The van der Waals surface area contributed by atoms with Gasteiger partial charge in [0.05, 0.1) is 0 Å². The van der Waals surface area contributed by atoms with Crippen LogP contribution in [0.3, 0.4) is 0 Å². The van der Waals surface area contributed by atoms with Gasteiger partial charge in [-0.2, -0.15) is 10.5 Å². The summed E-state index contributed by atoms with van der Waals surface area (Å²) in [6, 6.07) is 2.90. The van der Waals surface area contributed by atoms with E-state index in [9.17, 15) is 9.59 Å². The molecule has 0 bridgehead atoms. The summed E-state index contributed by atoms with van der Waals surface area (Å²) in [5.74, 6) is -1.79. The highest BCUT2D eigenvalue weighted by atomic mass is 35.5. The number of carbonyl (C=O) groups is 2. The number of nitrogens with zero attached hydrogens (tertiary/aromatic N) is 2. The first-order valence-electron chi connectivity index (χ1n) is 3.23. The average Bonchev–Trinajstić information content (AvgIpc) is 2.16. The molecule has 0 saturated carbocycles. The van der Waals surface area contributed by atoms with Gasteiger partial charge in [0, 0.05) is 0 Å². The lowest BCUT2D eigenvalue weighted by Gasteiger charge is -2.08. The summed E-state index contributed by atoms with van der Waals surface area (Å²) in [7, 11) is 0. The lowest BCUT2D eigenvalue weighted by atomic mass is 9.97. The van der Waals surface area contributed by atoms with Crippen molar-refractivity contribution in [3.63, 3.8) is 0 Å². The topological polar surface area (TPSA) is 81.7 Å². The van der Waals surface area contributed by atoms with Gasteiger partial charge in [-0.1, -0.05) is 23.2 Å².